The zero-order valence-electron chi connectivity index (χ0n) is 19.8. The number of ether oxygens (including phenoxy) is 1. The average Bonchev–Trinajstić information content (AvgIpc) is 3.22. The van der Waals surface area contributed by atoms with E-state index in [2.05, 4.69) is 20.6 Å². The normalized spacial score (nSPS) is 19.1. The molecular formula is C23H27F3N6O3. The second-order valence-corrected chi connectivity index (χ2v) is 9.80. The standard InChI is InChI=1S/C23H27F3N6O3/c1-13-9-15(12-31(11-13)21(34)35-22(2,3)4)28-20-30-29-19(17-7-8-27-32(17)20)16-6-5-14(10-18(16)33)23(24,25)26/h5-8,10,13,15,33H,9,11-12H2,1-4H3,(H,28,30)/t13-,15-/m1/s1. The third kappa shape index (κ3) is 5.41. The number of fused-ring (bicyclic) bond motifs is 1. The van der Waals surface area contributed by atoms with E-state index in [-0.39, 0.29) is 29.3 Å². The van der Waals surface area contributed by atoms with Crippen molar-refractivity contribution in [3.8, 4) is 17.0 Å². The summed E-state index contributed by atoms with van der Waals surface area (Å²) >= 11 is 0. The van der Waals surface area contributed by atoms with Crippen LogP contribution in [0.2, 0.25) is 0 Å². The van der Waals surface area contributed by atoms with Gasteiger partial charge in [0.2, 0.25) is 5.95 Å². The van der Waals surface area contributed by atoms with Crippen molar-refractivity contribution >= 4 is 17.6 Å². The van der Waals surface area contributed by atoms with Gasteiger partial charge in [-0.3, -0.25) is 0 Å². The molecule has 9 nitrogen and oxygen atoms in total. The fourth-order valence-corrected chi connectivity index (χ4v) is 4.15. The summed E-state index contributed by atoms with van der Waals surface area (Å²) in [5.74, 6) is -0.0476. The molecule has 1 aliphatic rings. The summed E-state index contributed by atoms with van der Waals surface area (Å²) in [6, 6.07) is 4.17. The quantitative estimate of drug-likeness (QED) is 0.552. The fraction of sp³-hybridized carbons (Fsp3) is 0.478. The third-order valence-corrected chi connectivity index (χ3v) is 5.56. The van der Waals surface area contributed by atoms with Crippen LogP contribution in [0.1, 0.15) is 39.7 Å². The van der Waals surface area contributed by atoms with Crippen LogP contribution in [0.3, 0.4) is 0 Å². The first-order chi connectivity index (χ1) is 16.3. The fourth-order valence-electron chi connectivity index (χ4n) is 4.15. The number of nitrogens with zero attached hydrogens (tertiary/aromatic N) is 5. The Morgan fingerprint density at radius 2 is 1.91 bits per heavy atom. The molecule has 1 aromatic carbocycles. The van der Waals surface area contributed by atoms with E-state index in [9.17, 15) is 23.1 Å². The van der Waals surface area contributed by atoms with Gasteiger partial charge in [0.05, 0.1) is 17.3 Å². The van der Waals surface area contributed by atoms with Gasteiger partial charge in [0.25, 0.3) is 0 Å². The van der Waals surface area contributed by atoms with Gasteiger partial charge in [-0.05, 0) is 57.4 Å². The topological polar surface area (TPSA) is 105 Å². The number of anilines is 1. The van der Waals surface area contributed by atoms with Crippen LogP contribution < -0.4 is 5.32 Å². The van der Waals surface area contributed by atoms with E-state index in [1.807, 2.05) is 27.7 Å². The molecule has 1 fully saturated rings. The van der Waals surface area contributed by atoms with Crippen molar-refractivity contribution in [1.29, 1.82) is 0 Å². The molecule has 0 bridgehead atoms. The van der Waals surface area contributed by atoms with Crippen molar-refractivity contribution in [2.24, 2.45) is 5.92 Å². The first kappa shape index (κ1) is 24.6. The van der Waals surface area contributed by atoms with Crippen LogP contribution in [0.4, 0.5) is 23.9 Å². The lowest BCUT2D eigenvalue weighted by Crippen LogP contribution is -2.50. The molecule has 1 saturated heterocycles. The van der Waals surface area contributed by atoms with Gasteiger partial charge in [0.1, 0.15) is 17.0 Å². The SMILES string of the molecule is C[C@@H]1C[C@@H](Nc2nnc(-c3ccc(C(F)(F)F)cc3O)c3ccnn23)CN(C(=O)OC(C)(C)C)C1. The van der Waals surface area contributed by atoms with Crippen LogP contribution in [0.5, 0.6) is 5.75 Å². The molecule has 188 valence electrons. The molecule has 1 aliphatic heterocycles. The highest BCUT2D eigenvalue weighted by Crippen LogP contribution is 2.37. The van der Waals surface area contributed by atoms with Gasteiger partial charge in [-0.2, -0.15) is 22.8 Å². The summed E-state index contributed by atoms with van der Waals surface area (Å²) in [4.78, 5) is 14.2. The first-order valence-corrected chi connectivity index (χ1v) is 11.2. The van der Waals surface area contributed by atoms with Crippen LogP contribution in [-0.4, -0.2) is 60.6 Å². The molecule has 0 unspecified atom stereocenters. The van der Waals surface area contributed by atoms with Gasteiger partial charge in [-0.15, -0.1) is 10.2 Å². The van der Waals surface area contributed by atoms with Crippen molar-refractivity contribution in [1.82, 2.24) is 24.7 Å². The first-order valence-electron chi connectivity index (χ1n) is 11.2. The predicted molar refractivity (Wildman–Crippen MR) is 122 cm³/mol. The number of benzene rings is 1. The summed E-state index contributed by atoms with van der Waals surface area (Å²) in [7, 11) is 0. The molecule has 0 radical (unpaired) electrons. The average molecular weight is 493 g/mol. The molecule has 0 spiro atoms. The maximum atomic E-state index is 13.0. The number of carbonyl (C=O) groups excluding carboxylic acids is 1. The van der Waals surface area contributed by atoms with Gasteiger partial charge in [-0.25, -0.2) is 4.79 Å². The molecule has 35 heavy (non-hydrogen) atoms. The maximum absolute atomic E-state index is 13.0. The number of aromatic hydroxyl groups is 1. The highest BCUT2D eigenvalue weighted by Gasteiger charge is 2.33. The monoisotopic (exact) mass is 492 g/mol. The highest BCUT2D eigenvalue weighted by atomic mass is 19.4. The van der Waals surface area contributed by atoms with E-state index in [0.29, 0.717) is 30.6 Å². The number of alkyl halides is 3. The summed E-state index contributed by atoms with van der Waals surface area (Å²) in [6.45, 7) is 8.44. The van der Waals surface area contributed by atoms with E-state index in [0.717, 1.165) is 18.6 Å². The number of rotatable bonds is 3. The van der Waals surface area contributed by atoms with Crippen molar-refractivity contribution < 1.29 is 27.8 Å². The number of phenols is 1. The number of hydrogen-bond donors (Lipinski definition) is 2. The number of aromatic nitrogens is 4. The second-order valence-electron chi connectivity index (χ2n) is 9.80. The van der Waals surface area contributed by atoms with Gasteiger partial charge in [0, 0.05) is 24.7 Å². The molecule has 3 aromatic rings. The molecule has 2 N–H and O–H groups in total. The summed E-state index contributed by atoms with van der Waals surface area (Å²) in [6.07, 6.45) is -2.69. The van der Waals surface area contributed by atoms with Crippen molar-refractivity contribution in [3.05, 3.63) is 36.0 Å². The van der Waals surface area contributed by atoms with Crippen LogP contribution in [0.25, 0.3) is 16.8 Å². The highest BCUT2D eigenvalue weighted by molar-refractivity contribution is 5.80. The van der Waals surface area contributed by atoms with E-state index < -0.39 is 23.1 Å². The van der Waals surface area contributed by atoms with Gasteiger partial charge in [0.15, 0.2) is 0 Å². The molecule has 2 aromatic heterocycles. The van der Waals surface area contributed by atoms with Crippen LogP contribution in [0, 0.1) is 5.92 Å². The zero-order valence-corrected chi connectivity index (χ0v) is 19.8. The Morgan fingerprint density at radius 3 is 2.57 bits per heavy atom. The van der Waals surface area contributed by atoms with E-state index >= 15 is 0 Å². The number of amides is 1. The lowest BCUT2D eigenvalue weighted by molar-refractivity contribution is -0.137. The Labute approximate surface area is 199 Å². The minimum Gasteiger partial charge on any atom is -0.507 e. The predicted octanol–water partition coefficient (Wildman–Crippen LogP) is 4.57. The summed E-state index contributed by atoms with van der Waals surface area (Å²) < 4.78 is 45.9. The smallest absolute Gasteiger partial charge is 0.416 e. The Morgan fingerprint density at radius 1 is 1.17 bits per heavy atom. The number of nitrogens with one attached hydrogen (secondary N) is 1. The summed E-state index contributed by atoms with van der Waals surface area (Å²) in [5, 5.41) is 26.2. The Kier molecular flexibility index (Phi) is 6.24. The Bertz CT molecular complexity index is 1240. The number of halogens is 3. The minimum absolute atomic E-state index is 0.102. The Balaban J connectivity index is 1.59. The number of carbonyl (C=O) groups is 1. The van der Waals surface area contributed by atoms with Crippen LogP contribution in [0.15, 0.2) is 30.5 Å². The molecule has 2 atom stereocenters. The lowest BCUT2D eigenvalue weighted by atomic mass is 9.96. The second kappa shape index (κ2) is 8.90. The van der Waals surface area contributed by atoms with Crippen molar-refractivity contribution in [2.45, 2.75) is 51.9 Å². The Hall–Kier alpha value is -3.57. The van der Waals surface area contributed by atoms with Crippen molar-refractivity contribution in [3.63, 3.8) is 0 Å². The number of piperidine rings is 1. The van der Waals surface area contributed by atoms with E-state index in [1.165, 1.54) is 10.7 Å². The lowest BCUT2D eigenvalue weighted by Gasteiger charge is -2.37. The molecular weight excluding hydrogens is 465 g/mol. The molecule has 12 heteroatoms. The van der Waals surface area contributed by atoms with Crippen LogP contribution >= 0.6 is 0 Å². The minimum atomic E-state index is -4.58. The van der Waals surface area contributed by atoms with E-state index in [4.69, 9.17) is 4.74 Å². The molecule has 4 rings (SSSR count). The van der Waals surface area contributed by atoms with Gasteiger partial charge in [-0.1, -0.05) is 6.92 Å². The van der Waals surface area contributed by atoms with Crippen molar-refractivity contribution in [2.75, 3.05) is 18.4 Å². The maximum Gasteiger partial charge on any atom is 0.416 e. The zero-order chi connectivity index (χ0) is 25.5. The van der Waals surface area contributed by atoms with E-state index in [1.54, 1.807) is 11.0 Å². The largest absolute Gasteiger partial charge is 0.507 e. The molecule has 0 saturated carbocycles. The number of hydrogen-bond acceptors (Lipinski definition) is 7. The van der Waals surface area contributed by atoms with Gasteiger partial charge >= 0.3 is 12.3 Å². The van der Waals surface area contributed by atoms with Gasteiger partial charge < -0.3 is 20.1 Å². The third-order valence-electron chi connectivity index (χ3n) is 5.56. The number of likely N-dealkylation sites (tertiary alicyclic amines) is 1. The number of phenolic OH excluding ortho intramolecular Hbond substituents is 1. The molecule has 0 aliphatic carbocycles. The molecule has 1 amide bonds. The molecule has 3 heterocycles. The van der Waals surface area contributed by atoms with Crippen LogP contribution in [-0.2, 0) is 10.9 Å². The summed E-state index contributed by atoms with van der Waals surface area (Å²) in [5.41, 5.74) is -0.829.